The number of hydrogen-bond acceptors (Lipinski definition) is 3. The predicted octanol–water partition coefficient (Wildman–Crippen LogP) is 4.41. The Morgan fingerprint density at radius 1 is 1.25 bits per heavy atom. The number of benzene rings is 1. The molecule has 2 nitrogen and oxygen atoms in total. The van der Waals surface area contributed by atoms with Gasteiger partial charge in [0.05, 0.1) is 6.10 Å². The summed E-state index contributed by atoms with van der Waals surface area (Å²) in [4.78, 5) is 0. The lowest BCUT2D eigenvalue weighted by atomic mass is 9.99. The third-order valence-corrected chi connectivity index (χ3v) is 5.08. The molecule has 0 aromatic heterocycles. The molecule has 0 aliphatic carbocycles. The van der Waals surface area contributed by atoms with Crippen LogP contribution in [0.1, 0.15) is 51.6 Å². The van der Waals surface area contributed by atoms with Crippen molar-refractivity contribution in [2.75, 3.05) is 12.3 Å². The van der Waals surface area contributed by atoms with Crippen LogP contribution in [0.15, 0.2) is 24.3 Å². The van der Waals surface area contributed by atoms with Crippen molar-refractivity contribution < 1.29 is 4.74 Å². The van der Waals surface area contributed by atoms with Crippen molar-refractivity contribution in [1.82, 2.24) is 5.32 Å². The fourth-order valence-corrected chi connectivity index (χ4v) is 4.19. The topological polar surface area (TPSA) is 21.3 Å². The summed E-state index contributed by atoms with van der Waals surface area (Å²) in [6.45, 7) is 7.34. The summed E-state index contributed by atoms with van der Waals surface area (Å²) >= 11 is 2.13. The fraction of sp³-hybridized carbons (Fsp3) is 0.647. The Morgan fingerprint density at radius 3 is 2.55 bits per heavy atom. The SMILES string of the molecule is CCNC(c1ccc(OC(C)C)cc1)C1CCCCS1. The Labute approximate surface area is 127 Å². The number of rotatable bonds is 6. The molecule has 0 radical (unpaired) electrons. The van der Waals surface area contributed by atoms with Crippen molar-refractivity contribution >= 4 is 11.8 Å². The average Bonchev–Trinajstić information content (AvgIpc) is 2.46. The zero-order valence-electron chi connectivity index (χ0n) is 12.9. The number of hydrogen-bond donors (Lipinski definition) is 1. The highest BCUT2D eigenvalue weighted by molar-refractivity contribution is 8.00. The molecule has 0 amide bonds. The fourth-order valence-electron chi connectivity index (χ4n) is 2.74. The van der Waals surface area contributed by atoms with Gasteiger partial charge < -0.3 is 10.1 Å². The Hall–Kier alpha value is -0.670. The zero-order valence-corrected chi connectivity index (χ0v) is 13.7. The molecule has 0 saturated carbocycles. The van der Waals surface area contributed by atoms with Crippen LogP contribution in [-0.4, -0.2) is 23.7 Å². The molecule has 0 bridgehead atoms. The van der Waals surface area contributed by atoms with Crippen LogP contribution in [-0.2, 0) is 0 Å². The van der Waals surface area contributed by atoms with Crippen LogP contribution in [0.4, 0.5) is 0 Å². The van der Waals surface area contributed by atoms with Gasteiger partial charge in [-0.25, -0.2) is 0 Å². The van der Waals surface area contributed by atoms with Gasteiger partial charge in [-0.3, -0.25) is 0 Å². The maximum atomic E-state index is 5.73. The predicted molar refractivity (Wildman–Crippen MR) is 88.7 cm³/mol. The highest BCUT2D eigenvalue weighted by atomic mass is 32.2. The summed E-state index contributed by atoms with van der Waals surface area (Å²) in [7, 11) is 0. The normalized spacial score (nSPS) is 20.9. The number of thioether (sulfide) groups is 1. The third-order valence-electron chi connectivity index (χ3n) is 3.62. The first-order valence-corrected chi connectivity index (χ1v) is 8.87. The van der Waals surface area contributed by atoms with Crippen molar-refractivity contribution in [2.45, 2.75) is 57.4 Å². The first-order chi connectivity index (χ1) is 9.70. The minimum atomic E-state index is 0.235. The van der Waals surface area contributed by atoms with Crippen molar-refractivity contribution in [3.8, 4) is 5.75 Å². The number of nitrogens with one attached hydrogen (secondary N) is 1. The minimum Gasteiger partial charge on any atom is -0.491 e. The van der Waals surface area contributed by atoms with E-state index in [1.54, 1.807) is 0 Å². The van der Waals surface area contributed by atoms with Gasteiger partial charge in [0.25, 0.3) is 0 Å². The molecule has 0 spiro atoms. The Balaban J connectivity index is 2.07. The van der Waals surface area contributed by atoms with Gasteiger partial charge in [-0.05, 0) is 56.7 Å². The summed E-state index contributed by atoms with van der Waals surface area (Å²) in [5.74, 6) is 2.27. The van der Waals surface area contributed by atoms with E-state index >= 15 is 0 Å². The van der Waals surface area contributed by atoms with Crippen LogP contribution in [0.25, 0.3) is 0 Å². The van der Waals surface area contributed by atoms with E-state index in [1.165, 1.54) is 30.6 Å². The summed E-state index contributed by atoms with van der Waals surface area (Å²) in [5.41, 5.74) is 1.39. The third kappa shape index (κ3) is 4.42. The van der Waals surface area contributed by atoms with Gasteiger partial charge in [-0.15, -0.1) is 0 Å². The van der Waals surface area contributed by atoms with Crippen molar-refractivity contribution in [3.05, 3.63) is 29.8 Å². The van der Waals surface area contributed by atoms with Gasteiger partial charge in [0.1, 0.15) is 5.75 Å². The molecule has 20 heavy (non-hydrogen) atoms. The second-order valence-corrected chi connectivity index (χ2v) is 7.02. The van der Waals surface area contributed by atoms with Gasteiger partial charge in [-0.1, -0.05) is 25.5 Å². The molecule has 1 saturated heterocycles. The second kappa shape index (κ2) is 7.94. The Morgan fingerprint density at radius 2 is 2.00 bits per heavy atom. The molecule has 112 valence electrons. The van der Waals surface area contributed by atoms with Crippen LogP contribution < -0.4 is 10.1 Å². The Bertz CT molecular complexity index is 384. The summed E-state index contributed by atoms with van der Waals surface area (Å²) < 4.78 is 5.73. The van der Waals surface area contributed by atoms with Gasteiger partial charge in [0.15, 0.2) is 0 Å². The van der Waals surface area contributed by atoms with E-state index in [9.17, 15) is 0 Å². The van der Waals surface area contributed by atoms with Crippen LogP contribution in [0, 0.1) is 0 Å². The largest absolute Gasteiger partial charge is 0.491 e. The molecule has 2 rings (SSSR count). The van der Waals surface area contributed by atoms with E-state index < -0.39 is 0 Å². The molecule has 1 aromatic rings. The summed E-state index contributed by atoms with van der Waals surface area (Å²) in [6.07, 6.45) is 4.31. The molecule has 1 heterocycles. The van der Waals surface area contributed by atoms with Crippen LogP contribution in [0.5, 0.6) is 5.75 Å². The lowest BCUT2D eigenvalue weighted by Gasteiger charge is -2.31. The summed E-state index contributed by atoms with van der Waals surface area (Å²) in [5, 5.41) is 4.38. The van der Waals surface area contributed by atoms with E-state index in [2.05, 4.69) is 62.1 Å². The highest BCUT2D eigenvalue weighted by Crippen LogP contribution is 2.35. The highest BCUT2D eigenvalue weighted by Gasteiger charge is 2.24. The van der Waals surface area contributed by atoms with Crippen molar-refractivity contribution in [2.24, 2.45) is 0 Å². The smallest absolute Gasteiger partial charge is 0.119 e. The van der Waals surface area contributed by atoms with Crippen LogP contribution >= 0.6 is 11.8 Å². The van der Waals surface area contributed by atoms with Crippen molar-refractivity contribution in [3.63, 3.8) is 0 Å². The van der Waals surface area contributed by atoms with E-state index in [-0.39, 0.29) is 6.10 Å². The Kier molecular flexibility index (Phi) is 6.24. The van der Waals surface area contributed by atoms with Gasteiger partial charge >= 0.3 is 0 Å². The second-order valence-electron chi connectivity index (χ2n) is 5.68. The molecule has 1 aliphatic heterocycles. The lowest BCUT2D eigenvalue weighted by molar-refractivity contribution is 0.242. The van der Waals surface area contributed by atoms with E-state index in [1.807, 2.05) is 0 Å². The molecule has 2 unspecified atom stereocenters. The first-order valence-electron chi connectivity index (χ1n) is 7.82. The van der Waals surface area contributed by atoms with Gasteiger partial charge in [-0.2, -0.15) is 11.8 Å². The monoisotopic (exact) mass is 293 g/mol. The number of ether oxygens (including phenoxy) is 1. The molecule has 3 heteroatoms. The van der Waals surface area contributed by atoms with E-state index in [0.717, 1.165) is 12.3 Å². The minimum absolute atomic E-state index is 0.235. The molecule has 1 aromatic carbocycles. The summed E-state index contributed by atoms with van der Waals surface area (Å²) in [6, 6.07) is 9.12. The van der Waals surface area contributed by atoms with Crippen LogP contribution in [0.3, 0.4) is 0 Å². The van der Waals surface area contributed by atoms with Crippen molar-refractivity contribution in [1.29, 1.82) is 0 Å². The average molecular weight is 293 g/mol. The molecule has 2 atom stereocenters. The van der Waals surface area contributed by atoms with E-state index in [0.29, 0.717) is 11.3 Å². The van der Waals surface area contributed by atoms with Gasteiger partial charge in [0, 0.05) is 11.3 Å². The molecule has 1 aliphatic rings. The lowest BCUT2D eigenvalue weighted by Crippen LogP contribution is -2.31. The molecule has 1 N–H and O–H groups in total. The maximum Gasteiger partial charge on any atom is 0.119 e. The maximum absolute atomic E-state index is 5.73. The van der Waals surface area contributed by atoms with E-state index in [4.69, 9.17) is 4.74 Å². The standard InChI is InChI=1S/C17H27NOS/c1-4-18-17(16-7-5-6-12-20-16)14-8-10-15(11-9-14)19-13(2)3/h8-11,13,16-18H,4-7,12H2,1-3H3. The van der Waals surface area contributed by atoms with Crippen LogP contribution in [0.2, 0.25) is 0 Å². The molecular formula is C17H27NOS. The molecular weight excluding hydrogens is 266 g/mol. The quantitative estimate of drug-likeness (QED) is 0.839. The molecule has 1 fully saturated rings. The zero-order chi connectivity index (χ0) is 14.4. The first kappa shape index (κ1) is 15.7. The van der Waals surface area contributed by atoms with Gasteiger partial charge in [0.2, 0.25) is 0 Å².